The van der Waals surface area contributed by atoms with E-state index in [1.165, 1.54) is 12.8 Å². The monoisotopic (exact) mass is 261 g/mol. The van der Waals surface area contributed by atoms with E-state index in [2.05, 4.69) is 51.9 Å². The van der Waals surface area contributed by atoms with Crippen LogP contribution in [0.4, 0.5) is 5.82 Å². The van der Waals surface area contributed by atoms with E-state index in [0.717, 1.165) is 27.8 Å². The zero-order chi connectivity index (χ0) is 13.4. The van der Waals surface area contributed by atoms with Crippen molar-refractivity contribution in [2.45, 2.75) is 18.9 Å². The lowest BCUT2D eigenvalue weighted by molar-refractivity contribution is 1.02. The van der Waals surface area contributed by atoms with Crippen molar-refractivity contribution in [3.05, 3.63) is 54.6 Å². The topological polar surface area (TPSA) is 37.8 Å². The van der Waals surface area contributed by atoms with Crippen molar-refractivity contribution < 1.29 is 0 Å². The first-order valence-corrected chi connectivity index (χ1v) is 6.99. The summed E-state index contributed by atoms with van der Waals surface area (Å²) in [7, 11) is 0. The highest BCUT2D eigenvalue weighted by atomic mass is 15.2. The zero-order valence-corrected chi connectivity index (χ0v) is 11.1. The quantitative estimate of drug-likeness (QED) is 0.777. The molecule has 98 valence electrons. The molecule has 0 amide bonds. The molecule has 0 unspecified atom stereocenters. The highest BCUT2D eigenvalue weighted by molar-refractivity contribution is 6.00. The molecule has 0 saturated heterocycles. The van der Waals surface area contributed by atoms with Crippen LogP contribution in [-0.2, 0) is 0 Å². The second-order valence-electron chi connectivity index (χ2n) is 5.23. The van der Waals surface area contributed by atoms with Gasteiger partial charge in [-0.3, -0.25) is 0 Å². The van der Waals surface area contributed by atoms with E-state index in [-0.39, 0.29) is 0 Å². The summed E-state index contributed by atoms with van der Waals surface area (Å²) in [5.41, 5.74) is 2.05. The molecule has 4 rings (SSSR count). The molecule has 1 aliphatic carbocycles. The third-order valence-electron chi connectivity index (χ3n) is 3.65. The fourth-order valence-corrected chi connectivity index (χ4v) is 2.44. The van der Waals surface area contributed by atoms with Gasteiger partial charge < -0.3 is 5.32 Å². The predicted molar refractivity (Wildman–Crippen MR) is 81.6 cm³/mol. The largest absolute Gasteiger partial charge is 0.365 e. The molecule has 1 aliphatic rings. The number of hydrogen-bond donors (Lipinski definition) is 1. The van der Waals surface area contributed by atoms with E-state index in [9.17, 15) is 0 Å². The van der Waals surface area contributed by atoms with E-state index in [4.69, 9.17) is 0 Å². The van der Waals surface area contributed by atoms with Crippen LogP contribution in [0.15, 0.2) is 54.6 Å². The van der Waals surface area contributed by atoms with Crippen molar-refractivity contribution >= 4 is 16.6 Å². The molecule has 1 heterocycles. The van der Waals surface area contributed by atoms with Gasteiger partial charge in [-0.25, -0.2) is 0 Å². The number of hydrogen-bond acceptors (Lipinski definition) is 3. The first-order valence-electron chi connectivity index (χ1n) is 6.99. The van der Waals surface area contributed by atoms with Crippen molar-refractivity contribution in [3.63, 3.8) is 0 Å². The van der Waals surface area contributed by atoms with Crippen molar-refractivity contribution in [1.29, 1.82) is 0 Å². The normalized spacial score (nSPS) is 14.4. The number of fused-ring (bicyclic) bond motifs is 1. The van der Waals surface area contributed by atoms with Gasteiger partial charge in [0, 0.05) is 22.4 Å². The molecular formula is C17H15N3. The molecule has 0 aliphatic heterocycles. The Morgan fingerprint density at radius 1 is 0.800 bits per heavy atom. The lowest BCUT2D eigenvalue weighted by atomic mass is 10.0. The van der Waals surface area contributed by atoms with E-state index < -0.39 is 0 Å². The van der Waals surface area contributed by atoms with Gasteiger partial charge in [0.1, 0.15) is 5.69 Å². The maximum absolute atomic E-state index is 4.45. The van der Waals surface area contributed by atoms with E-state index in [1.807, 2.05) is 18.2 Å². The maximum atomic E-state index is 4.45. The number of rotatable bonds is 3. The molecule has 0 radical (unpaired) electrons. The van der Waals surface area contributed by atoms with Gasteiger partial charge in [0.05, 0.1) is 0 Å². The van der Waals surface area contributed by atoms with Gasteiger partial charge in [-0.15, -0.1) is 10.2 Å². The van der Waals surface area contributed by atoms with Gasteiger partial charge in [0.2, 0.25) is 0 Å². The van der Waals surface area contributed by atoms with Crippen molar-refractivity contribution in [1.82, 2.24) is 10.2 Å². The summed E-state index contributed by atoms with van der Waals surface area (Å²) in [5, 5.41) is 14.6. The van der Waals surface area contributed by atoms with Crippen molar-refractivity contribution in [3.8, 4) is 11.3 Å². The van der Waals surface area contributed by atoms with E-state index >= 15 is 0 Å². The van der Waals surface area contributed by atoms with Crippen LogP contribution in [0.2, 0.25) is 0 Å². The molecule has 1 fully saturated rings. The molecule has 0 bridgehead atoms. The first-order chi connectivity index (χ1) is 9.92. The molecule has 1 N–H and O–H groups in total. The lowest BCUT2D eigenvalue weighted by Gasteiger charge is -2.10. The highest BCUT2D eigenvalue weighted by Crippen LogP contribution is 2.32. The fourth-order valence-electron chi connectivity index (χ4n) is 2.44. The number of benzene rings is 2. The van der Waals surface area contributed by atoms with Crippen molar-refractivity contribution in [2.24, 2.45) is 0 Å². The Bertz CT molecular complexity index is 749. The second kappa shape index (κ2) is 4.60. The summed E-state index contributed by atoms with van der Waals surface area (Å²) in [6.07, 6.45) is 2.47. The SMILES string of the molecule is c1ccc(-c2nnc(NC3CC3)c3ccccc23)cc1. The fraction of sp³-hybridized carbons (Fsp3) is 0.176. The molecule has 1 saturated carbocycles. The third kappa shape index (κ3) is 2.01. The molecule has 20 heavy (non-hydrogen) atoms. The summed E-state index contributed by atoms with van der Waals surface area (Å²) >= 11 is 0. The Hall–Kier alpha value is -2.42. The van der Waals surface area contributed by atoms with Crippen LogP contribution in [0.1, 0.15) is 12.8 Å². The molecule has 0 atom stereocenters. The van der Waals surface area contributed by atoms with Gasteiger partial charge in [-0.1, -0.05) is 54.6 Å². The van der Waals surface area contributed by atoms with E-state index in [0.29, 0.717) is 6.04 Å². The minimum atomic E-state index is 0.579. The number of nitrogens with zero attached hydrogens (tertiary/aromatic N) is 2. The highest BCUT2D eigenvalue weighted by Gasteiger charge is 2.22. The summed E-state index contributed by atoms with van der Waals surface area (Å²) in [5.74, 6) is 0.905. The number of aromatic nitrogens is 2. The van der Waals surface area contributed by atoms with Gasteiger partial charge in [-0.05, 0) is 12.8 Å². The van der Waals surface area contributed by atoms with Gasteiger partial charge in [0.15, 0.2) is 5.82 Å². The van der Waals surface area contributed by atoms with Crippen LogP contribution in [0.3, 0.4) is 0 Å². The summed E-state index contributed by atoms with van der Waals surface area (Å²) in [4.78, 5) is 0. The zero-order valence-electron chi connectivity index (χ0n) is 11.1. The molecule has 3 heteroatoms. The summed E-state index contributed by atoms with van der Waals surface area (Å²) < 4.78 is 0. The van der Waals surface area contributed by atoms with Gasteiger partial charge in [-0.2, -0.15) is 0 Å². The third-order valence-corrected chi connectivity index (χ3v) is 3.65. The second-order valence-corrected chi connectivity index (χ2v) is 5.23. The molecule has 3 aromatic rings. The van der Waals surface area contributed by atoms with E-state index in [1.54, 1.807) is 0 Å². The van der Waals surface area contributed by atoms with Gasteiger partial charge >= 0.3 is 0 Å². The average molecular weight is 261 g/mol. The summed E-state index contributed by atoms with van der Waals surface area (Å²) in [6.45, 7) is 0. The predicted octanol–water partition coefficient (Wildman–Crippen LogP) is 3.87. The minimum absolute atomic E-state index is 0.579. The standard InChI is InChI=1S/C17H15N3/c1-2-6-12(7-3-1)16-14-8-4-5-9-15(14)17(20-19-16)18-13-10-11-13/h1-9,13H,10-11H2,(H,18,20). The Labute approximate surface area is 117 Å². The van der Waals surface area contributed by atoms with Crippen LogP contribution < -0.4 is 5.32 Å². The first kappa shape index (κ1) is 11.4. The Balaban J connectivity index is 1.90. The minimum Gasteiger partial charge on any atom is -0.365 e. The van der Waals surface area contributed by atoms with Crippen LogP contribution >= 0.6 is 0 Å². The van der Waals surface area contributed by atoms with Crippen LogP contribution in [0.25, 0.3) is 22.0 Å². The lowest BCUT2D eigenvalue weighted by Crippen LogP contribution is -2.05. The van der Waals surface area contributed by atoms with Crippen LogP contribution in [0.5, 0.6) is 0 Å². The number of nitrogens with one attached hydrogen (secondary N) is 1. The van der Waals surface area contributed by atoms with Crippen LogP contribution in [0, 0.1) is 0 Å². The Kier molecular flexibility index (Phi) is 2.62. The molecule has 2 aromatic carbocycles. The number of anilines is 1. The van der Waals surface area contributed by atoms with Crippen LogP contribution in [-0.4, -0.2) is 16.2 Å². The Morgan fingerprint density at radius 3 is 2.25 bits per heavy atom. The van der Waals surface area contributed by atoms with Gasteiger partial charge in [0.25, 0.3) is 0 Å². The molecule has 1 aromatic heterocycles. The molecule has 0 spiro atoms. The smallest absolute Gasteiger partial charge is 0.156 e. The molecular weight excluding hydrogens is 246 g/mol. The summed E-state index contributed by atoms with van der Waals surface area (Å²) in [6, 6.07) is 19.1. The Morgan fingerprint density at radius 2 is 1.50 bits per heavy atom. The average Bonchev–Trinajstić information content (AvgIpc) is 3.33. The van der Waals surface area contributed by atoms with Crippen molar-refractivity contribution in [2.75, 3.05) is 5.32 Å². The maximum Gasteiger partial charge on any atom is 0.156 e. The molecule has 3 nitrogen and oxygen atoms in total.